The molecular weight excluding hydrogens is 733 g/mol. The highest BCUT2D eigenvalue weighted by Crippen LogP contribution is 2.17. The van der Waals surface area contributed by atoms with Crippen LogP contribution in [0.5, 0.6) is 0 Å². The van der Waals surface area contributed by atoms with Crippen LogP contribution in [0.15, 0.2) is 0 Å². The summed E-state index contributed by atoms with van der Waals surface area (Å²) in [5, 5.41) is 21.0. The van der Waals surface area contributed by atoms with E-state index in [0.717, 1.165) is 21.0 Å². The van der Waals surface area contributed by atoms with Crippen molar-refractivity contribution in [3.8, 4) is 0 Å². The van der Waals surface area contributed by atoms with E-state index in [1.54, 1.807) is 35.3 Å². The molecule has 2 N–H and O–H groups in total. The Morgan fingerprint density at radius 3 is 1.24 bits per heavy atom. The highest BCUT2D eigenvalue weighted by Gasteiger charge is 2.06. The summed E-state index contributed by atoms with van der Waals surface area (Å²) in [6.07, 6.45) is 0. The van der Waals surface area contributed by atoms with Crippen molar-refractivity contribution in [1.82, 2.24) is 0 Å². The van der Waals surface area contributed by atoms with Crippen molar-refractivity contribution < 1.29 is 48.6 Å². The number of aliphatic hydroxyl groups excluding tert-OH is 2. The molecule has 41 heavy (non-hydrogen) atoms. The van der Waals surface area contributed by atoms with Crippen LogP contribution in [-0.2, 0) is 38.4 Å². The Hall–Kier alpha value is 1.75. The van der Waals surface area contributed by atoms with Gasteiger partial charge in [-0.05, 0) is 0 Å². The topological polar surface area (TPSA) is 138 Å². The lowest BCUT2D eigenvalue weighted by atomic mass is 10.8. The van der Waals surface area contributed by atoms with Crippen LogP contribution < -0.4 is 0 Å². The minimum absolute atomic E-state index is 0.151. The summed E-state index contributed by atoms with van der Waals surface area (Å²) < 4.78 is 15.4. The van der Waals surface area contributed by atoms with Gasteiger partial charge in [-0.15, -0.1) is 118 Å². The van der Waals surface area contributed by atoms with Gasteiger partial charge in [0.25, 0.3) is 0 Å². The smallest absolute Gasteiger partial charge is 0.316 e. The Kier molecular flexibility index (Phi) is 37.8. The van der Waals surface area contributed by atoms with Gasteiger partial charge in [-0.3, -0.25) is 14.4 Å². The predicted molar refractivity (Wildman–Crippen MR) is 188 cm³/mol. The first-order valence-corrected chi connectivity index (χ1v) is 23.3. The van der Waals surface area contributed by atoms with Crippen LogP contribution in [0.3, 0.4) is 0 Å². The molecule has 20 heteroatoms. The van der Waals surface area contributed by atoms with Gasteiger partial charge in [-0.25, -0.2) is 9.78 Å². The Labute approximate surface area is 285 Å². The van der Waals surface area contributed by atoms with Gasteiger partial charge >= 0.3 is 17.9 Å². The molecule has 0 unspecified atom stereocenters. The van der Waals surface area contributed by atoms with E-state index in [2.05, 4.69) is 0 Å². The molecule has 0 saturated heterocycles. The molecule has 0 fully saturated rings. The van der Waals surface area contributed by atoms with Crippen molar-refractivity contribution in [2.45, 2.75) is 0 Å². The lowest BCUT2D eigenvalue weighted by Crippen LogP contribution is -2.08. The van der Waals surface area contributed by atoms with Gasteiger partial charge in [0.15, 0.2) is 0 Å². The summed E-state index contributed by atoms with van der Waals surface area (Å²) in [5.74, 6) is 3.44. The Morgan fingerprint density at radius 2 is 0.805 bits per heavy atom. The number of hydrogen-bond acceptors (Lipinski definition) is 20. The van der Waals surface area contributed by atoms with Crippen molar-refractivity contribution in [3.05, 3.63) is 0 Å². The molecule has 0 aliphatic rings. The van der Waals surface area contributed by atoms with E-state index in [1.807, 2.05) is 0 Å². The van der Waals surface area contributed by atoms with Gasteiger partial charge in [-0.2, -0.15) is 0 Å². The third-order valence-electron chi connectivity index (χ3n) is 3.40. The lowest BCUT2D eigenvalue weighted by Gasteiger charge is -2.06. The van der Waals surface area contributed by atoms with Gasteiger partial charge in [0.1, 0.15) is 23.8 Å². The fraction of sp³-hybridized carbons (Fsp3) is 0.857. The first-order valence-electron chi connectivity index (χ1n) is 11.8. The minimum atomic E-state index is -0.281. The average molecular weight is 771 g/mol. The number of rotatable bonds is 32. The van der Waals surface area contributed by atoms with E-state index in [0.29, 0.717) is 51.9 Å². The lowest BCUT2D eigenvalue weighted by molar-refractivity contribution is -0.274. The summed E-state index contributed by atoms with van der Waals surface area (Å²) in [5.41, 5.74) is 0. The fourth-order valence-corrected chi connectivity index (χ4v) is 9.61. The van der Waals surface area contributed by atoms with Gasteiger partial charge in [0, 0.05) is 42.7 Å². The predicted octanol–water partition coefficient (Wildman–Crippen LogP) is 4.50. The number of aliphatic hydroxyl groups is 2. The standard InChI is InChI=1S/C21H38O10S10/c22-1-4-32-15-38-10-27-19(24)7-35-14-34-6-3-30-31-13-41-18-37-9-21(26)29-12-40-17-36-8-20(25)28-11-39-16-33-5-2-23/h22-23H,1-18H2. The quantitative estimate of drug-likeness (QED) is 0.0248. The molecule has 0 aliphatic carbocycles. The van der Waals surface area contributed by atoms with Crippen molar-refractivity contribution in [2.24, 2.45) is 0 Å². The number of carbonyl (C=O) groups is 3. The zero-order valence-corrected chi connectivity index (χ0v) is 30.6. The maximum Gasteiger partial charge on any atom is 0.316 e. The van der Waals surface area contributed by atoms with Crippen LogP contribution in [0, 0.1) is 0 Å². The Bertz CT molecular complexity index is 628. The normalized spacial score (nSPS) is 11.0. The summed E-state index contributed by atoms with van der Waals surface area (Å²) in [6, 6.07) is 0. The molecule has 0 amide bonds. The molecule has 0 aromatic heterocycles. The van der Waals surface area contributed by atoms with E-state index >= 15 is 0 Å². The number of ether oxygens (including phenoxy) is 3. The summed E-state index contributed by atoms with van der Waals surface area (Å²) in [7, 11) is 0. The van der Waals surface area contributed by atoms with Gasteiger partial charge < -0.3 is 24.4 Å². The van der Waals surface area contributed by atoms with Crippen LogP contribution in [0.1, 0.15) is 0 Å². The largest absolute Gasteiger partial charge is 0.454 e. The van der Waals surface area contributed by atoms with Crippen LogP contribution >= 0.6 is 118 Å². The molecule has 0 aliphatic heterocycles. The van der Waals surface area contributed by atoms with Crippen LogP contribution in [0.2, 0.25) is 0 Å². The molecule has 0 spiro atoms. The van der Waals surface area contributed by atoms with Gasteiger partial charge in [-0.1, -0.05) is 0 Å². The summed E-state index contributed by atoms with van der Waals surface area (Å²) in [4.78, 5) is 45.1. The Balaban J connectivity index is 3.28. The second kappa shape index (κ2) is 36.2. The van der Waals surface area contributed by atoms with Crippen LogP contribution in [0.25, 0.3) is 0 Å². The second-order valence-electron chi connectivity index (χ2n) is 6.58. The maximum atomic E-state index is 11.7. The molecule has 0 saturated carbocycles. The van der Waals surface area contributed by atoms with E-state index in [1.165, 1.54) is 82.3 Å². The number of esters is 3. The molecule has 0 bridgehead atoms. The molecule has 0 aromatic carbocycles. The van der Waals surface area contributed by atoms with E-state index in [9.17, 15) is 14.4 Å². The van der Waals surface area contributed by atoms with Crippen molar-refractivity contribution in [1.29, 1.82) is 0 Å². The minimum Gasteiger partial charge on any atom is -0.454 e. The molecule has 10 nitrogen and oxygen atoms in total. The molecule has 0 aromatic rings. The molecular formula is C21H38O10S10. The van der Waals surface area contributed by atoms with E-state index < -0.39 is 0 Å². The van der Waals surface area contributed by atoms with Crippen molar-refractivity contribution in [3.63, 3.8) is 0 Å². The third kappa shape index (κ3) is 36.1. The molecule has 0 radical (unpaired) electrons. The maximum absolute atomic E-state index is 11.7. The SMILES string of the molecule is O=C(CSCSCCOOCSCSCC(=O)OCSCSCC(=O)OCSCSCCO)OCSCSCCO. The zero-order chi connectivity index (χ0) is 30.1. The number of thioether (sulfide) groups is 10. The molecule has 0 rings (SSSR count). The number of carbonyl (C=O) groups excluding carboxylic acids is 3. The monoisotopic (exact) mass is 770 g/mol. The Morgan fingerprint density at radius 1 is 0.439 bits per heavy atom. The molecule has 242 valence electrons. The third-order valence-corrected chi connectivity index (χ3v) is 13.9. The molecule has 0 atom stereocenters. The summed E-state index contributed by atoms with van der Waals surface area (Å²) >= 11 is 15.1. The highest BCUT2D eigenvalue weighted by atomic mass is 32.2. The van der Waals surface area contributed by atoms with E-state index in [4.69, 9.17) is 34.2 Å². The highest BCUT2D eigenvalue weighted by molar-refractivity contribution is 8.17. The van der Waals surface area contributed by atoms with Crippen molar-refractivity contribution >= 4 is 136 Å². The van der Waals surface area contributed by atoms with Crippen molar-refractivity contribution in [2.75, 3.05) is 104 Å². The summed E-state index contributed by atoms with van der Waals surface area (Å²) in [6.45, 7) is 0.756. The fourth-order valence-electron chi connectivity index (χ4n) is 1.78. The molecule has 0 heterocycles. The zero-order valence-electron chi connectivity index (χ0n) is 22.5. The van der Waals surface area contributed by atoms with E-state index in [-0.39, 0.29) is 48.6 Å². The second-order valence-corrected chi connectivity index (χ2v) is 18.4. The van der Waals surface area contributed by atoms with Crippen LogP contribution in [-0.4, -0.2) is 132 Å². The number of hydrogen-bond donors (Lipinski definition) is 2. The first kappa shape index (κ1) is 42.8. The van der Waals surface area contributed by atoms with Gasteiger partial charge in [0.2, 0.25) is 0 Å². The van der Waals surface area contributed by atoms with Crippen LogP contribution in [0.4, 0.5) is 0 Å². The van der Waals surface area contributed by atoms with Gasteiger partial charge in [0.05, 0.1) is 37.1 Å². The first-order chi connectivity index (χ1) is 20.1. The average Bonchev–Trinajstić information content (AvgIpc) is 2.96.